The van der Waals surface area contributed by atoms with Gasteiger partial charge >= 0.3 is 0 Å². The zero-order valence-corrected chi connectivity index (χ0v) is 12.1. The Morgan fingerprint density at radius 2 is 2.25 bits per heavy atom. The third kappa shape index (κ3) is 3.52. The summed E-state index contributed by atoms with van der Waals surface area (Å²) < 4.78 is 5.13. The summed E-state index contributed by atoms with van der Waals surface area (Å²) in [5.74, 6) is -0.211. The molecule has 0 aromatic heterocycles. The summed E-state index contributed by atoms with van der Waals surface area (Å²) in [5.41, 5.74) is -0.0218. The van der Waals surface area contributed by atoms with Crippen LogP contribution in [-0.2, 0) is 15.1 Å². The van der Waals surface area contributed by atoms with E-state index in [0.29, 0.717) is 29.2 Å². The first-order valence-electron chi connectivity index (χ1n) is 6.57. The third-order valence-electron chi connectivity index (χ3n) is 3.27. The fourth-order valence-electron chi connectivity index (χ4n) is 2.09. The molecule has 1 aliphatic heterocycles. The van der Waals surface area contributed by atoms with Crippen LogP contribution in [-0.4, -0.2) is 24.2 Å². The number of hydrogen-bond acceptors (Lipinski definition) is 3. The van der Waals surface area contributed by atoms with E-state index in [-0.39, 0.29) is 12.5 Å². The molecule has 20 heavy (non-hydrogen) atoms. The van der Waals surface area contributed by atoms with Crippen LogP contribution >= 0.6 is 11.6 Å². The molecule has 0 fully saturated rings. The Bertz CT molecular complexity index is 526. The molecule has 1 aliphatic rings. The maximum Gasteiger partial charge on any atom is 0.250 e. The van der Waals surface area contributed by atoms with Crippen LogP contribution in [0.15, 0.2) is 36.1 Å². The molecule has 0 radical (unpaired) electrons. The number of carbonyl (C=O) groups is 1. The molecular weight excluding hydrogens is 278 g/mol. The van der Waals surface area contributed by atoms with E-state index in [0.717, 1.165) is 6.42 Å². The average molecular weight is 296 g/mol. The second-order valence-corrected chi connectivity index (χ2v) is 5.46. The Morgan fingerprint density at radius 1 is 1.50 bits per heavy atom. The first-order chi connectivity index (χ1) is 9.50. The smallest absolute Gasteiger partial charge is 0.250 e. The molecule has 1 amide bonds. The molecule has 4 nitrogen and oxygen atoms in total. The lowest BCUT2D eigenvalue weighted by Crippen LogP contribution is -2.39. The Hall–Kier alpha value is -1.52. The Kier molecular flexibility index (Phi) is 4.68. The molecule has 2 N–H and O–H groups in total. The summed E-state index contributed by atoms with van der Waals surface area (Å²) in [4.78, 5) is 12.0. The van der Waals surface area contributed by atoms with Gasteiger partial charge in [-0.3, -0.25) is 4.79 Å². The number of amides is 1. The molecule has 1 heterocycles. The van der Waals surface area contributed by atoms with Gasteiger partial charge < -0.3 is 15.2 Å². The van der Waals surface area contributed by atoms with Gasteiger partial charge in [0.15, 0.2) is 0 Å². The van der Waals surface area contributed by atoms with E-state index in [4.69, 9.17) is 16.3 Å². The van der Waals surface area contributed by atoms with Crippen molar-refractivity contribution in [2.75, 3.05) is 13.2 Å². The number of benzene rings is 1. The van der Waals surface area contributed by atoms with Gasteiger partial charge in [-0.05, 0) is 25.8 Å². The van der Waals surface area contributed by atoms with Crippen molar-refractivity contribution in [1.29, 1.82) is 0 Å². The maximum atomic E-state index is 12.0. The summed E-state index contributed by atoms with van der Waals surface area (Å²) in [6.07, 6.45) is 3.02. The first kappa shape index (κ1) is 14.9. The van der Waals surface area contributed by atoms with Gasteiger partial charge in [-0.15, -0.1) is 0 Å². The lowest BCUT2D eigenvalue weighted by atomic mass is 9.95. The second-order valence-electron chi connectivity index (χ2n) is 5.05. The number of ether oxygens (including phenoxy) is 1. The minimum Gasteiger partial charge on any atom is -0.501 e. The van der Waals surface area contributed by atoms with Crippen molar-refractivity contribution in [2.24, 2.45) is 0 Å². The van der Waals surface area contributed by atoms with Crippen LogP contribution in [0, 0.1) is 0 Å². The van der Waals surface area contributed by atoms with E-state index in [9.17, 15) is 9.90 Å². The van der Waals surface area contributed by atoms with E-state index < -0.39 is 5.60 Å². The predicted octanol–water partition coefficient (Wildman–Crippen LogP) is 2.36. The molecule has 0 saturated carbocycles. The van der Waals surface area contributed by atoms with E-state index in [1.165, 1.54) is 6.26 Å². The maximum absolute atomic E-state index is 12.0. The molecule has 0 unspecified atom stereocenters. The van der Waals surface area contributed by atoms with Gasteiger partial charge in [-0.2, -0.15) is 0 Å². The van der Waals surface area contributed by atoms with Crippen molar-refractivity contribution in [1.82, 2.24) is 5.32 Å². The van der Waals surface area contributed by atoms with Gasteiger partial charge in [0, 0.05) is 10.6 Å². The Balaban J connectivity index is 2.00. The first-order valence-corrected chi connectivity index (χ1v) is 6.95. The van der Waals surface area contributed by atoms with Crippen LogP contribution in [0.25, 0.3) is 0 Å². The molecule has 0 bridgehead atoms. The third-order valence-corrected chi connectivity index (χ3v) is 3.60. The van der Waals surface area contributed by atoms with Crippen LogP contribution in [0.5, 0.6) is 0 Å². The predicted molar refractivity (Wildman–Crippen MR) is 77.3 cm³/mol. The van der Waals surface area contributed by atoms with E-state index >= 15 is 0 Å². The second kappa shape index (κ2) is 6.29. The summed E-state index contributed by atoms with van der Waals surface area (Å²) in [5, 5.41) is 13.7. The highest BCUT2D eigenvalue weighted by molar-refractivity contribution is 6.31. The molecule has 5 heteroatoms. The zero-order chi connectivity index (χ0) is 14.6. The number of rotatable bonds is 4. The molecule has 0 aliphatic carbocycles. The number of carbonyl (C=O) groups excluding carboxylic acids is 1. The van der Waals surface area contributed by atoms with Crippen molar-refractivity contribution < 1.29 is 14.6 Å². The normalized spacial score (nSPS) is 17.6. The highest BCUT2D eigenvalue weighted by Crippen LogP contribution is 2.27. The molecule has 1 aromatic rings. The molecule has 1 atom stereocenters. The minimum absolute atomic E-state index is 0.0902. The van der Waals surface area contributed by atoms with Crippen molar-refractivity contribution in [3.8, 4) is 0 Å². The van der Waals surface area contributed by atoms with Crippen LogP contribution < -0.4 is 5.32 Å². The fourth-order valence-corrected chi connectivity index (χ4v) is 2.43. The van der Waals surface area contributed by atoms with Crippen LogP contribution in [0.1, 0.15) is 25.3 Å². The molecular formula is C15H18ClNO3. The lowest BCUT2D eigenvalue weighted by Gasteiger charge is -2.25. The molecule has 0 saturated heterocycles. The van der Waals surface area contributed by atoms with Gasteiger partial charge in [-0.1, -0.05) is 29.8 Å². The van der Waals surface area contributed by atoms with Crippen molar-refractivity contribution >= 4 is 17.5 Å². The van der Waals surface area contributed by atoms with Gasteiger partial charge in [0.2, 0.25) is 5.91 Å². The number of halogens is 1. The van der Waals surface area contributed by atoms with E-state index in [1.807, 2.05) is 0 Å². The standard InChI is InChI=1S/C15H18ClNO3/c1-15(19,12-6-2-3-7-13(12)16)10-17-14(18)11-5-4-8-20-9-11/h2-3,6-7,9,19H,4-5,8,10H2,1H3,(H,17,18)/t15-/m0/s1. The quantitative estimate of drug-likeness (QED) is 0.896. The lowest BCUT2D eigenvalue weighted by molar-refractivity contribution is -0.119. The number of hydrogen-bond donors (Lipinski definition) is 2. The number of aliphatic hydroxyl groups is 1. The van der Waals surface area contributed by atoms with Crippen LogP contribution in [0.4, 0.5) is 0 Å². The van der Waals surface area contributed by atoms with Gasteiger partial charge in [-0.25, -0.2) is 0 Å². The van der Waals surface area contributed by atoms with Crippen molar-refractivity contribution in [3.05, 3.63) is 46.7 Å². The summed E-state index contributed by atoms with van der Waals surface area (Å²) in [6.45, 7) is 2.36. The summed E-state index contributed by atoms with van der Waals surface area (Å²) in [7, 11) is 0. The van der Waals surface area contributed by atoms with Crippen LogP contribution in [0.3, 0.4) is 0 Å². The highest BCUT2D eigenvalue weighted by atomic mass is 35.5. The zero-order valence-electron chi connectivity index (χ0n) is 11.4. The van der Waals surface area contributed by atoms with Crippen molar-refractivity contribution in [3.63, 3.8) is 0 Å². The largest absolute Gasteiger partial charge is 0.501 e. The summed E-state index contributed by atoms with van der Waals surface area (Å²) >= 11 is 6.07. The monoisotopic (exact) mass is 295 g/mol. The summed E-state index contributed by atoms with van der Waals surface area (Å²) in [6, 6.07) is 7.06. The van der Waals surface area contributed by atoms with Crippen molar-refractivity contribution in [2.45, 2.75) is 25.4 Å². The van der Waals surface area contributed by atoms with Gasteiger partial charge in [0.05, 0.1) is 25.0 Å². The average Bonchev–Trinajstić information content (AvgIpc) is 2.46. The van der Waals surface area contributed by atoms with Crippen LogP contribution in [0.2, 0.25) is 5.02 Å². The molecule has 1 aromatic carbocycles. The number of nitrogens with one attached hydrogen (secondary N) is 1. The molecule has 0 spiro atoms. The van der Waals surface area contributed by atoms with Gasteiger partial charge in [0.1, 0.15) is 5.60 Å². The SMILES string of the molecule is C[C@](O)(CNC(=O)C1=COCCC1)c1ccccc1Cl. The van der Waals surface area contributed by atoms with E-state index in [2.05, 4.69) is 5.32 Å². The topological polar surface area (TPSA) is 58.6 Å². The Morgan fingerprint density at radius 3 is 2.90 bits per heavy atom. The van der Waals surface area contributed by atoms with Gasteiger partial charge in [0.25, 0.3) is 0 Å². The molecule has 108 valence electrons. The minimum atomic E-state index is -1.22. The molecule has 2 rings (SSSR count). The highest BCUT2D eigenvalue weighted by Gasteiger charge is 2.26. The fraction of sp³-hybridized carbons (Fsp3) is 0.400. The van der Waals surface area contributed by atoms with E-state index in [1.54, 1.807) is 31.2 Å². The Labute approximate surface area is 123 Å².